The van der Waals surface area contributed by atoms with Gasteiger partial charge in [0.15, 0.2) is 0 Å². The molecule has 120 valence electrons. The first kappa shape index (κ1) is 15.3. The van der Waals surface area contributed by atoms with Gasteiger partial charge in [-0.1, -0.05) is 18.2 Å². The van der Waals surface area contributed by atoms with Gasteiger partial charge in [-0.15, -0.1) is 0 Å². The molecule has 0 saturated carbocycles. The number of hydrogen-bond donors (Lipinski definition) is 3. The van der Waals surface area contributed by atoms with Gasteiger partial charge in [-0.25, -0.2) is 4.79 Å². The zero-order chi connectivity index (χ0) is 16.2. The zero-order valence-corrected chi connectivity index (χ0v) is 12.9. The lowest BCUT2D eigenvalue weighted by atomic mass is 9.91. The molecule has 3 N–H and O–H groups in total. The van der Waals surface area contributed by atoms with Crippen LogP contribution in [-0.4, -0.2) is 28.5 Å². The van der Waals surface area contributed by atoms with Crippen LogP contribution < -0.4 is 5.32 Å². The molecular formula is C18H20N2O3. The Bertz CT molecular complexity index is 773. The molecule has 0 saturated heterocycles. The number of carbonyl (C=O) groups excluding carboxylic acids is 1. The smallest absolute Gasteiger partial charge is 0.332 e. The molecule has 5 nitrogen and oxygen atoms in total. The third-order valence-electron chi connectivity index (χ3n) is 4.35. The first-order valence-corrected chi connectivity index (χ1v) is 7.95. The van der Waals surface area contributed by atoms with Crippen molar-refractivity contribution >= 4 is 22.8 Å². The molecule has 1 aromatic heterocycles. The van der Waals surface area contributed by atoms with Gasteiger partial charge in [0.1, 0.15) is 0 Å². The Morgan fingerprint density at radius 2 is 1.87 bits per heavy atom. The predicted octanol–water partition coefficient (Wildman–Crippen LogP) is 2.78. The van der Waals surface area contributed by atoms with Gasteiger partial charge < -0.3 is 15.4 Å². The normalized spacial score (nSPS) is 15.0. The second kappa shape index (κ2) is 6.69. The van der Waals surface area contributed by atoms with Gasteiger partial charge in [-0.3, -0.25) is 4.79 Å². The lowest BCUT2D eigenvalue weighted by molar-refractivity contribution is -0.133. The van der Waals surface area contributed by atoms with E-state index in [4.69, 9.17) is 0 Å². The number of hydrogen-bond acceptors (Lipinski definition) is 2. The average Bonchev–Trinajstić information content (AvgIpc) is 2.98. The van der Waals surface area contributed by atoms with Crippen molar-refractivity contribution in [2.24, 2.45) is 0 Å². The van der Waals surface area contributed by atoms with E-state index in [1.54, 1.807) is 0 Å². The van der Waals surface area contributed by atoms with Crippen molar-refractivity contribution in [1.82, 2.24) is 10.3 Å². The van der Waals surface area contributed by atoms with E-state index in [9.17, 15) is 14.7 Å². The molecule has 5 heteroatoms. The molecule has 0 radical (unpaired) electrons. The summed E-state index contributed by atoms with van der Waals surface area (Å²) in [5.74, 6) is -1.20. The number of amides is 1. The summed E-state index contributed by atoms with van der Waals surface area (Å²) in [7, 11) is 0. The number of H-pyrrole nitrogens is 1. The van der Waals surface area contributed by atoms with E-state index in [-0.39, 0.29) is 11.5 Å². The fraction of sp³-hybridized carbons (Fsp3) is 0.333. The molecule has 0 atom stereocenters. The number of para-hydroxylation sites is 1. The summed E-state index contributed by atoms with van der Waals surface area (Å²) in [6.45, 7) is 0.497. The monoisotopic (exact) mass is 312 g/mol. The van der Waals surface area contributed by atoms with E-state index in [1.807, 2.05) is 24.4 Å². The summed E-state index contributed by atoms with van der Waals surface area (Å²) in [6, 6.07) is 8.04. The molecule has 0 aliphatic heterocycles. The van der Waals surface area contributed by atoms with Crippen molar-refractivity contribution in [3.05, 3.63) is 47.2 Å². The number of rotatable bonds is 5. The highest BCUT2D eigenvalue weighted by molar-refractivity contribution is 6.02. The molecule has 2 aromatic rings. The summed E-state index contributed by atoms with van der Waals surface area (Å²) in [5, 5.41) is 13.2. The second-order valence-electron chi connectivity index (χ2n) is 5.83. The van der Waals surface area contributed by atoms with Crippen LogP contribution in [0.15, 0.2) is 41.6 Å². The van der Waals surface area contributed by atoms with Gasteiger partial charge in [-0.2, -0.15) is 0 Å². The highest BCUT2D eigenvalue weighted by atomic mass is 16.4. The fourth-order valence-electron chi connectivity index (χ4n) is 3.15. The predicted molar refractivity (Wildman–Crippen MR) is 88.1 cm³/mol. The number of benzene rings is 1. The Morgan fingerprint density at radius 3 is 2.65 bits per heavy atom. The summed E-state index contributed by atoms with van der Waals surface area (Å²) in [5.41, 5.74) is 2.96. The third-order valence-corrected chi connectivity index (χ3v) is 4.35. The maximum Gasteiger partial charge on any atom is 0.332 e. The van der Waals surface area contributed by atoms with E-state index in [2.05, 4.69) is 16.4 Å². The Labute approximate surface area is 134 Å². The van der Waals surface area contributed by atoms with Gasteiger partial charge in [0.25, 0.3) is 0 Å². The Hall–Kier alpha value is -2.56. The summed E-state index contributed by atoms with van der Waals surface area (Å²) >= 11 is 0. The summed E-state index contributed by atoms with van der Waals surface area (Å²) in [4.78, 5) is 26.7. The molecule has 1 aliphatic carbocycles. The van der Waals surface area contributed by atoms with Crippen molar-refractivity contribution < 1.29 is 14.7 Å². The summed E-state index contributed by atoms with van der Waals surface area (Å²) < 4.78 is 0. The molecule has 0 bridgehead atoms. The van der Waals surface area contributed by atoms with Gasteiger partial charge in [0, 0.05) is 34.8 Å². The fourth-order valence-corrected chi connectivity index (χ4v) is 3.15. The molecule has 0 unspecified atom stereocenters. The average molecular weight is 312 g/mol. The summed E-state index contributed by atoms with van der Waals surface area (Å²) in [6.07, 6.45) is 5.43. The SMILES string of the molecule is O=C(O)C1=C(C(=O)NCCc2c[nH]c3ccccc23)CCCC1. The van der Waals surface area contributed by atoms with E-state index < -0.39 is 5.97 Å². The van der Waals surface area contributed by atoms with Crippen LogP contribution in [0, 0.1) is 0 Å². The zero-order valence-electron chi connectivity index (χ0n) is 12.9. The third kappa shape index (κ3) is 3.28. The van der Waals surface area contributed by atoms with Gasteiger partial charge in [-0.05, 0) is 43.7 Å². The Morgan fingerprint density at radius 1 is 1.13 bits per heavy atom. The molecule has 1 amide bonds. The van der Waals surface area contributed by atoms with Crippen LogP contribution in [-0.2, 0) is 16.0 Å². The molecule has 1 heterocycles. The molecule has 1 aromatic carbocycles. The van der Waals surface area contributed by atoms with Crippen molar-refractivity contribution in [3.8, 4) is 0 Å². The number of carbonyl (C=O) groups is 2. The highest BCUT2D eigenvalue weighted by Gasteiger charge is 2.23. The maximum absolute atomic E-state index is 12.3. The van der Waals surface area contributed by atoms with Gasteiger partial charge in [0.2, 0.25) is 5.91 Å². The number of carboxylic acids is 1. The number of fused-ring (bicyclic) bond motifs is 1. The molecule has 1 aliphatic rings. The number of aromatic amines is 1. The van der Waals surface area contributed by atoms with Crippen LogP contribution in [0.2, 0.25) is 0 Å². The Kier molecular flexibility index (Phi) is 4.46. The van der Waals surface area contributed by atoms with Crippen LogP contribution in [0.3, 0.4) is 0 Å². The Balaban J connectivity index is 1.64. The van der Waals surface area contributed by atoms with Crippen LogP contribution in [0.25, 0.3) is 10.9 Å². The largest absolute Gasteiger partial charge is 0.478 e. The number of carboxylic acid groups (broad SMARTS) is 1. The minimum atomic E-state index is -0.966. The van der Waals surface area contributed by atoms with Crippen molar-refractivity contribution in [1.29, 1.82) is 0 Å². The number of nitrogens with one attached hydrogen (secondary N) is 2. The van der Waals surface area contributed by atoms with E-state index in [1.165, 1.54) is 0 Å². The van der Waals surface area contributed by atoms with Crippen LogP contribution in [0.5, 0.6) is 0 Å². The number of aromatic nitrogens is 1. The standard InChI is InChI=1S/C18H20N2O3/c21-17(14-6-1-2-7-15(14)18(22)23)19-10-9-12-11-20-16-8-4-3-5-13(12)16/h3-5,8,11,20H,1-2,6-7,9-10H2,(H,19,21)(H,22,23). The lowest BCUT2D eigenvalue weighted by Crippen LogP contribution is -2.30. The van der Waals surface area contributed by atoms with E-state index >= 15 is 0 Å². The minimum absolute atomic E-state index is 0.234. The van der Waals surface area contributed by atoms with E-state index in [0.717, 1.165) is 29.3 Å². The van der Waals surface area contributed by atoms with E-state index in [0.29, 0.717) is 31.4 Å². The number of aliphatic carboxylic acids is 1. The van der Waals surface area contributed by atoms with Gasteiger partial charge in [0.05, 0.1) is 0 Å². The van der Waals surface area contributed by atoms with Crippen molar-refractivity contribution in [2.45, 2.75) is 32.1 Å². The van der Waals surface area contributed by atoms with Crippen molar-refractivity contribution in [2.75, 3.05) is 6.54 Å². The topological polar surface area (TPSA) is 82.2 Å². The molecule has 0 spiro atoms. The van der Waals surface area contributed by atoms with Crippen LogP contribution in [0.1, 0.15) is 31.2 Å². The first-order chi connectivity index (χ1) is 11.2. The highest BCUT2D eigenvalue weighted by Crippen LogP contribution is 2.25. The van der Waals surface area contributed by atoms with Crippen molar-refractivity contribution in [3.63, 3.8) is 0 Å². The molecule has 0 fully saturated rings. The maximum atomic E-state index is 12.3. The van der Waals surface area contributed by atoms with Crippen LogP contribution >= 0.6 is 0 Å². The first-order valence-electron chi connectivity index (χ1n) is 7.95. The molecule has 23 heavy (non-hydrogen) atoms. The lowest BCUT2D eigenvalue weighted by Gasteiger charge is -2.17. The molecular weight excluding hydrogens is 292 g/mol. The molecule has 3 rings (SSSR count). The van der Waals surface area contributed by atoms with Gasteiger partial charge >= 0.3 is 5.97 Å². The quantitative estimate of drug-likeness (QED) is 0.794. The second-order valence-corrected chi connectivity index (χ2v) is 5.83. The van der Waals surface area contributed by atoms with Crippen LogP contribution in [0.4, 0.5) is 0 Å². The minimum Gasteiger partial charge on any atom is -0.478 e.